The van der Waals surface area contributed by atoms with Gasteiger partial charge in [0.05, 0.1) is 39.9 Å². The first kappa shape index (κ1) is 65.2. The molecule has 3 unspecified atom stereocenters. The van der Waals surface area contributed by atoms with Crippen molar-refractivity contribution in [3.8, 4) is 0 Å². The fourth-order valence-corrected chi connectivity index (χ4v) is 9.64. The third-order valence-corrected chi connectivity index (χ3v) is 14.5. The number of carbonyl (C=O) groups is 1. The minimum absolute atomic E-state index is 0.0145. The summed E-state index contributed by atoms with van der Waals surface area (Å²) in [5.74, 6) is -0.161. The van der Waals surface area contributed by atoms with Crippen LogP contribution < -0.4 is 10.2 Å². The molecule has 0 bridgehead atoms. The van der Waals surface area contributed by atoms with E-state index in [4.69, 9.17) is 9.05 Å². The molecule has 0 aliphatic carbocycles. The molecule has 0 aromatic heterocycles. The number of likely N-dealkylation sites (N-methyl/N-ethyl adjacent to an activating group) is 1. The van der Waals surface area contributed by atoms with Gasteiger partial charge in [0.25, 0.3) is 7.82 Å². The molecule has 66 heavy (non-hydrogen) atoms. The Morgan fingerprint density at radius 1 is 0.515 bits per heavy atom. The molecule has 0 radical (unpaired) electrons. The monoisotopic (exact) mass is 955 g/mol. The van der Waals surface area contributed by atoms with Crippen LogP contribution in [0, 0.1) is 0 Å². The first-order valence-electron chi connectivity index (χ1n) is 29.0. The number of phosphoric ester groups is 1. The van der Waals surface area contributed by atoms with E-state index < -0.39 is 20.0 Å². The molecule has 8 nitrogen and oxygen atoms in total. The quantitative estimate of drug-likeness (QED) is 0.0272. The molecule has 0 aromatic carbocycles. The van der Waals surface area contributed by atoms with E-state index >= 15 is 0 Å². The van der Waals surface area contributed by atoms with Crippen LogP contribution in [0.2, 0.25) is 0 Å². The van der Waals surface area contributed by atoms with Crippen molar-refractivity contribution in [1.82, 2.24) is 5.32 Å². The first-order chi connectivity index (χ1) is 32.0. The average Bonchev–Trinajstić information content (AvgIpc) is 3.28. The largest absolute Gasteiger partial charge is 0.756 e. The molecule has 0 aliphatic heterocycles. The van der Waals surface area contributed by atoms with Gasteiger partial charge in [-0.1, -0.05) is 264 Å². The number of aliphatic hydroxyl groups excluding tert-OH is 1. The Morgan fingerprint density at radius 3 is 1.18 bits per heavy atom. The molecular weight excluding hydrogens is 840 g/mol. The lowest BCUT2D eigenvalue weighted by Gasteiger charge is -2.30. The van der Waals surface area contributed by atoms with Crippen molar-refractivity contribution in [2.45, 2.75) is 309 Å². The van der Waals surface area contributed by atoms with E-state index in [9.17, 15) is 19.4 Å². The Balaban J connectivity index is 4.12. The lowest BCUT2D eigenvalue weighted by Crippen LogP contribution is -2.46. The molecule has 394 valence electrons. The summed E-state index contributed by atoms with van der Waals surface area (Å²) in [5.41, 5.74) is 0. The van der Waals surface area contributed by atoms with Crippen LogP contribution in [0.4, 0.5) is 0 Å². The van der Waals surface area contributed by atoms with Crippen LogP contribution in [-0.4, -0.2) is 68.5 Å². The van der Waals surface area contributed by atoms with E-state index in [-0.39, 0.29) is 19.1 Å². The maximum Gasteiger partial charge on any atom is 0.268 e. The van der Waals surface area contributed by atoms with Gasteiger partial charge in [0.1, 0.15) is 13.2 Å². The summed E-state index contributed by atoms with van der Waals surface area (Å²) < 4.78 is 23.4. The van der Waals surface area contributed by atoms with E-state index in [0.29, 0.717) is 23.9 Å². The molecule has 0 heterocycles. The number of hydrogen-bond acceptors (Lipinski definition) is 6. The Morgan fingerprint density at radius 2 is 0.833 bits per heavy atom. The number of quaternary nitrogens is 1. The number of hydrogen-bond donors (Lipinski definition) is 2. The molecule has 1 amide bonds. The van der Waals surface area contributed by atoms with Crippen molar-refractivity contribution < 1.29 is 32.9 Å². The van der Waals surface area contributed by atoms with E-state index in [1.807, 2.05) is 21.1 Å². The number of aliphatic hydroxyl groups is 1. The Labute approximate surface area is 412 Å². The summed E-state index contributed by atoms with van der Waals surface area (Å²) in [7, 11) is 1.32. The van der Waals surface area contributed by atoms with Crippen LogP contribution in [0.25, 0.3) is 0 Å². The molecule has 0 saturated heterocycles. The van der Waals surface area contributed by atoms with Crippen molar-refractivity contribution in [1.29, 1.82) is 0 Å². The van der Waals surface area contributed by atoms with Gasteiger partial charge in [-0.25, -0.2) is 0 Å². The van der Waals surface area contributed by atoms with Crippen molar-refractivity contribution in [2.75, 3.05) is 40.9 Å². The number of rotatable bonds is 54. The smallest absolute Gasteiger partial charge is 0.268 e. The fraction of sp³-hybridized carbons (Fsp3) is 0.947. The Kier molecular flexibility index (Phi) is 48.7. The summed E-state index contributed by atoms with van der Waals surface area (Å²) >= 11 is 0. The molecule has 0 rings (SSSR count). The molecule has 2 N–H and O–H groups in total. The van der Waals surface area contributed by atoms with Crippen LogP contribution in [0.1, 0.15) is 296 Å². The molecule has 0 spiro atoms. The predicted molar refractivity (Wildman–Crippen MR) is 284 cm³/mol. The van der Waals surface area contributed by atoms with E-state index in [1.54, 1.807) is 0 Å². The van der Waals surface area contributed by atoms with Gasteiger partial charge < -0.3 is 28.8 Å². The van der Waals surface area contributed by atoms with Gasteiger partial charge >= 0.3 is 0 Å². The molecule has 3 atom stereocenters. The van der Waals surface area contributed by atoms with Crippen molar-refractivity contribution in [2.24, 2.45) is 0 Å². The Bertz CT molecular complexity index is 1080. The average molecular weight is 956 g/mol. The number of nitrogens with zero attached hydrogens (tertiary/aromatic N) is 1. The van der Waals surface area contributed by atoms with Gasteiger partial charge in [-0.15, -0.1) is 0 Å². The van der Waals surface area contributed by atoms with Gasteiger partial charge in [-0.3, -0.25) is 9.36 Å². The number of unbranched alkanes of at least 4 members (excludes halogenated alkanes) is 39. The van der Waals surface area contributed by atoms with E-state index in [0.717, 1.165) is 38.5 Å². The highest BCUT2D eigenvalue weighted by Crippen LogP contribution is 2.38. The standard InChI is InChI=1S/C57H115N2O6P/c1-6-8-10-12-14-16-18-20-22-24-26-27-28-29-30-31-32-33-35-37-39-41-43-45-47-49-51-57(61)58-55(54-65-66(62,63)64-53-52-59(3,4)5)56(60)50-48-46-44-42-40-38-36-34-25-23-21-19-17-15-13-11-9-7-2/h29-30,55-56,60H,6-28,31-54H2,1-5H3,(H-,58,61,62,63)/b30-29-. The SMILES string of the molecule is CCCCCCCCCCCCCC/C=C\CCCCCCCCCCCCC(=O)NC(COP(=O)([O-])OCC[N+](C)(C)C)C(O)CCCCCCCCCCCCCCCCCCCC. The second-order valence-corrected chi connectivity index (χ2v) is 22.8. The second kappa shape index (κ2) is 49.2. The third kappa shape index (κ3) is 51.1. The summed E-state index contributed by atoms with van der Waals surface area (Å²) in [6.45, 7) is 4.77. The zero-order valence-corrected chi connectivity index (χ0v) is 45.8. The number of carbonyl (C=O) groups excluding carboxylic acids is 1. The Hall–Kier alpha value is -0.760. The zero-order chi connectivity index (χ0) is 48.5. The minimum Gasteiger partial charge on any atom is -0.756 e. The fourth-order valence-electron chi connectivity index (χ4n) is 8.92. The highest BCUT2D eigenvalue weighted by molar-refractivity contribution is 7.45. The van der Waals surface area contributed by atoms with Crippen molar-refractivity contribution in [3.63, 3.8) is 0 Å². The van der Waals surface area contributed by atoms with Gasteiger partial charge in [0.15, 0.2) is 0 Å². The topological polar surface area (TPSA) is 108 Å². The van der Waals surface area contributed by atoms with Crippen LogP contribution >= 0.6 is 7.82 Å². The number of allylic oxidation sites excluding steroid dienone is 2. The molecule has 0 aromatic rings. The molecular formula is C57H115N2O6P. The number of nitrogens with one attached hydrogen (secondary N) is 1. The minimum atomic E-state index is -4.57. The maximum atomic E-state index is 13.0. The maximum absolute atomic E-state index is 13.0. The van der Waals surface area contributed by atoms with Gasteiger partial charge in [-0.2, -0.15) is 0 Å². The lowest BCUT2D eigenvalue weighted by molar-refractivity contribution is -0.870. The van der Waals surface area contributed by atoms with Crippen LogP contribution in [0.5, 0.6) is 0 Å². The third-order valence-electron chi connectivity index (χ3n) is 13.5. The number of amides is 1. The van der Waals surface area contributed by atoms with Crippen LogP contribution in [-0.2, 0) is 18.4 Å². The van der Waals surface area contributed by atoms with Gasteiger partial charge in [-0.05, 0) is 38.5 Å². The van der Waals surface area contributed by atoms with Crippen molar-refractivity contribution in [3.05, 3.63) is 12.2 Å². The predicted octanol–water partition coefficient (Wildman–Crippen LogP) is 16.8. The first-order valence-corrected chi connectivity index (χ1v) is 30.5. The highest BCUT2D eigenvalue weighted by Gasteiger charge is 2.24. The molecule has 0 fully saturated rings. The summed E-state index contributed by atoms with van der Waals surface area (Å²) in [6, 6.07) is -0.798. The highest BCUT2D eigenvalue weighted by atomic mass is 31.2. The van der Waals surface area contributed by atoms with E-state index in [1.165, 1.54) is 231 Å². The normalized spacial score (nSPS) is 14.0. The van der Waals surface area contributed by atoms with Gasteiger partial charge in [0, 0.05) is 6.42 Å². The molecule has 9 heteroatoms. The summed E-state index contributed by atoms with van der Waals surface area (Å²) in [4.78, 5) is 25.5. The van der Waals surface area contributed by atoms with Crippen LogP contribution in [0.3, 0.4) is 0 Å². The van der Waals surface area contributed by atoms with E-state index in [2.05, 4.69) is 31.3 Å². The second-order valence-electron chi connectivity index (χ2n) is 21.4. The van der Waals surface area contributed by atoms with Gasteiger partial charge in [0.2, 0.25) is 5.91 Å². The molecule has 0 saturated carbocycles. The lowest BCUT2D eigenvalue weighted by atomic mass is 10.0. The number of phosphoric acid groups is 1. The summed E-state index contributed by atoms with van der Waals surface area (Å²) in [5, 5.41) is 14.0. The van der Waals surface area contributed by atoms with Crippen LogP contribution in [0.15, 0.2) is 12.2 Å². The van der Waals surface area contributed by atoms with Crippen molar-refractivity contribution >= 4 is 13.7 Å². The zero-order valence-electron chi connectivity index (χ0n) is 44.9. The molecule has 0 aliphatic rings. The summed E-state index contributed by atoms with van der Waals surface area (Å²) in [6.07, 6.45) is 59.5.